The average molecular weight is 420 g/mol. The van der Waals surface area contributed by atoms with Crippen molar-refractivity contribution in [1.82, 2.24) is 9.55 Å². The van der Waals surface area contributed by atoms with Gasteiger partial charge >= 0.3 is 0 Å². The van der Waals surface area contributed by atoms with Crippen molar-refractivity contribution < 1.29 is 13.0 Å². The minimum atomic E-state index is -4.46. The Kier molecular flexibility index (Phi) is 3.71. The van der Waals surface area contributed by atoms with Gasteiger partial charge in [0.2, 0.25) is 0 Å². The molecule has 0 saturated heterocycles. The van der Waals surface area contributed by atoms with Crippen molar-refractivity contribution in [2.24, 2.45) is 7.05 Å². The lowest BCUT2D eigenvalue weighted by molar-refractivity contribution is 0.482. The maximum absolute atomic E-state index is 13.3. The molecule has 0 bridgehead atoms. The first kappa shape index (κ1) is 18.5. The first-order chi connectivity index (χ1) is 14.2. The van der Waals surface area contributed by atoms with Crippen LogP contribution in [0.1, 0.15) is 5.56 Å². The Hall–Kier alpha value is -3.49. The Morgan fingerprint density at radius 2 is 1.60 bits per heavy atom. The van der Waals surface area contributed by atoms with Crippen LogP contribution in [-0.2, 0) is 17.2 Å². The molecular formula is C22H16N2O5S. The fourth-order valence-electron chi connectivity index (χ4n) is 4.22. The highest BCUT2D eigenvalue weighted by Gasteiger charge is 2.19. The van der Waals surface area contributed by atoms with Crippen molar-refractivity contribution in [2.45, 2.75) is 11.8 Å². The summed E-state index contributed by atoms with van der Waals surface area (Å²) in [4.78, 5) is 29.2. The number of aromatic nitrogens is 2. The molecule has 30 heavy (non-hydrogen) atoms. The van der Waals surface area contributed by atoms with Crippen LogP contribution in [0, 0.1) is 6.92 Å². The van der Waals surface area contributed by atoms with Crippen molar-refractivity contribution in [3.05, 3.63) is 74.5 Å². The highest BCUT2D eigenvalue weighted by Crippen LogP contribution is 2.26. The predicted molar refractivity (Wildman–Crippen MR) is 117 cm³/mol. The van der Waals surface area contributed by atoms with E-state index in [9.17, 15) is 22.6 Å². The molecule has 5 aromatic rings. The lowest BCUT2D eigenvalue weighted by atomic mass is 10.0. The highest BCUT2D eigenvalue weighted by atomic mass is 32.2. The Balaban J connectivity index is 2.02. The van der Waals surface area contributed by atoms with Gasteiger partial charge in [0.15, 0.2) is 10.9 Å². The van der Waals surface area contributed by atoms with E-state index in [0.717, 1.165) is 5.52 Å². The van der Waals surface area contributed by atoms with E-state index in [-0.39, 0.29) is 26.7 Å². The van der Waals surface area contributed by atoms with Crippen molar-refractivity contribution in [3.8, 4) is 0 Å². The van der Waals surface area contributed by atoms with Gasteiger partial charge in [0, 0.05) is 23.2 Å². The summed E-state index contributed by atoms with van der Waals surface area (Å²) in [6, 6.07) is 13.3. The van der Waals surface area contributed by atoms with Gasteiger partial charge in [-0.15, -0.1) is 0 Å². The van der Waals surface area contributed by atoms with Gasteiger partial charge in [-0.1, -0.05) is 12.1 Å². The van der Waals surface area contributed by atoms with Crippen molar-refractivity contribution >= 4 is 53.7 Å². The zero-order valence-electron chi connectivity index (χ0n) is 16.1. The van der Waals surface area contributed by atoms with Gasteiger partial charge in [0.1, 0.15) is 0 Å². The summed E-state index contributed by atoms with van der Waals surface area (Å²) in [6.45, 7) is 1.48. The molecule has 5 rings (SSSR count). The SMILES string of the molecule is Cc1c(S(=O)(=O)O)ccc2[nH]c3cc4c(=O)c5ccccc5n(C)c4cc3c(=O)c12. The quantitative estimate of drug-likeness (QED) is 0.320. The maximum atomic E-state index is 13.3. The summed E-state index contributed by atoms with van der Waals surface area (Å²) < 4.78 is 34.6. The van der Waals surface area contributed by atoms with Crippen molar-refractivity contribution in [1.29, 1.82) is 0 Å². The number of benzene rings is 3. The molecule has 0 spiro atoms. The Labute approximate surface area is 169 Å². The van der Waals surface area contributed by atoms with E-state index in [1.54, 1.807) is 18.2 Å². The van der Waals surface area contributed by atoms with Crippen LogP contribution in [0.25, 0.3) is 43.6 Å². The predicted octanol–water partition coefficient (Wildman–Crippen LogP) is 3.24. The fraction of sp³-hybridized carbons (Fsp3) is 0.0909. The van der Waals surface area contributed by atoms with E-state index in [2.05, 4.69) is 4.98 Å². The second-order valence-electron chi connectivity index (χ2n) is 7.36. The molecule has 0 amide bonds. The summed E-state index contributed by atoms with van der Waals surface area (Å²) in [5, 5.41) is 1.58. The summed E-state index contributed by atoms with van der Waals surface area (Å²) >= 11 is 0. The number of aromatic amines is 1. The van der Waals surface area contributed by atoms with Gasteiger partial charge < -0.3 is 9.55 Å². The van der Waals surface area contributed by atoms with E-state index in [0.29, 0.717) is 32.7 Å². The lowest BCUT2D eigenvalue weighted by Crippen LogP contribution is -2.12. The van der Waals surface area contributed by atoms with Gasteiger partial charge in [0.05, 0.1) is 32.3 Å². The number of fused-ring (bicyclic) bond motifs is 4. The van der Waals surface area contributed by atoms with Crippen LogP contribution in [0.5, 0.6) is 0 Å². The topological polar surface area (TPSA) is 109 Å². The van der Waals surface area contributed by atoms with Crippen LogP contribution >= 0.6 is 0 Å². The lowest BCUT2D eigenvalue weighted by Gasteiger charge is -2.13. The molecular weight excluding hydrogens is 404 g/mol. The number of pyridine rings is 2. The number of nitrogens with zero attached hydrogens (tertiary/aromatic N) is 1. The molecule has 3 aromatic carbocycles. The second-order valence-corrected chi connectivity index (χ2v) is 8.75. The molecule has 2 aromatic heterocycles. The second kappa shape index (κ2) is 6.01. The van der Waals surface area contributed by atoms with E-state index < -0.39 is 10.1 Å². The minimum Gasteiger partial charge on any atom is -0.354 e. The maximum Gasteiger partial charge on any atom is 0.294 e. The number of aryl methyl sites for hydroxylation is 2. The van der Waals surface area contributed by atoms with Crippen LogP contribution in [0.15, 0.2) is 63.0 Å². The number of H-pyrrole nitrogens is 1. The first-order valence-corrected chi connectivity index (χ1v) is 10.6. The standard InChI is InChI=1S/C22H16N2O5S/c1-11-19(30(27,28)29)8-7-15-20(11)22(26)13-10-18-14(9-16(13)23-15)21(25)12-5-3-4-6-17(12)24(18)2/h3-10H,1-2H3,(H,23,26)(H,27,28,29). The summed E-state index contributed by atoms with van der Waals surface area (Å²) in [7, 11) is -2.64. The minimum absolute atomic E-state index is 0.126. The molecule has 7 nitrogen and oxygen atoms in total. The van der Waals surface area contributed by atoms with Gasteiger partial charge in [-0.3, -0.25) is 14.1 Å². The van der Waals surface area contributed by atoms with Gasteiger partial charge in [0.25, 0.3) is 10.1 Å². The molecule has 0 radical (unpaired) electrons. The van der Waals surface area contributed by atoms with Crippen LogP contribution in [-0.4, -0.2) is 22.5 Å². The summed E-state index contributed by atoms with van der Waals surface area (Å²) in [6.07, 6.45) is 0. The molecule has 0 saturated carbocycles. The zero-order chi connectivity index (χ0) is 21.4. The number of para-hydroxylation sites is 1. The molecule has 2 N–H and O–H groups in total. The van der Waals surface area contributed by atoms with E-state index in [1.807, 2.05) is 29.8 Å². The molecule has 2 heterocycles. The molecule has 150 valence electrons. The van der Waals surface area contributed by atoms with Crippen LogP contribution in [0.3, 0.4) is 0 Å². The van der Waals surface area contributed by atoms with Gasteiger partial charge in [-0.05, 0) is 48.9 Å². The Morgan fingerprint density at radius 3 is 2.33 bits per heavy atom. The molecule has 0 unspecified atom stereocenters. The van der Waals surface area contributed by atoms with E-state index >= 15 is 0 Å². The van der Waals surface area contributed by atoms with Gasteiger partial charge in [-0.2, -0.15) is 8.42 Å². The third-order valence-corrected chi connectivity index (χ3v) is 6.68. The van der Waals surface area contributed by atoms with Crippen molar-refractivity contribution in [2.75, 3.05) is 0 Å². The average Bonchev–Trinajstić information content (AvgIpc) is 2.70. The third kappa shape index (κ3) is 2.44. The first-order valence-electron chi connectivity index (χ1n) is 9.17. The van der Waals surface area contributed by atoms with Crippen LogP contribution in [0.2, 0.25) is 0 Å². The zero-order valence-corrected chi connectivity index (χ0v) is 16.9. The van der Waals surface area contributed by atoms with Crippen LogP contribution < -0.4 is 10.9 Å². The number of nitrogens with one attached hydrogen (secondary N) is 1. The van der Waals surface area contributed by atoms with Gasteiger partial charge in [-0.25, -0.2) is 0 Å². The largest absolute Gasteiger partial charge is 0.354 e. The molecule has 0 aliphatic carbocycles. The monoisotopic (exact) mass is 420 g/mol. The number of rotatable bonds is 1. The van der Waals surface area contributed by atoms with Crippen LogP contribution in [0.4, 0.5) is 0 Å². The normalized spacial score (nSPS) is 12.4. The molecule has 0 aliphatic rings. The van der Waals surface area contributed by atoms with Crippen molar-refractivity contribution in [3.63, 3.8) is 0 Å². The molecule has 0 fully saturated rings. The molecule has 0 atom stereocenters. The molecule has 0 aliphatic heterocycles. The van der Waals surface area contributed by atoms with E-state index in [4.69, 9.17) is 0 Å². The fourth-order valence-corrected chi connectivity index (χ4v) is 4.95. The molecule has 8 heteroatoms. The summed E-state index contributed by atoms with van der Waals surface area (Å²) in [5.74, 6) is 0. The Morgan fingerprint density at radius 1 is 0.867 bits per heavy atom. The number of hydrogen-bond donors (Lipinski definition) is 2. The number of hydrogen-bond acceptors (Lipinski definition) is 4. The van der Waals surface area contributed by atoms with E-state index in [1.165, 1.54) is 19.1 Å². The summed E-state index contributed by atoms with van der Waals surface area (Å²) in [5.41, 5.74) is 1.92. The third-order valence-electron chi connectivity index (χ3n) is 5.69. The smallest absolute Gasteiger partial charge is 0.294 e. The Bertz CT molecular complexity index is 1780. The highest BCUT2D eigenvalue weighted by molar-refractivity contribution is 7.85.